The van der Waals surface area contributed by atoms with Crippen LogP contribution in [0.3, 0.4) is 0 Å². The van der Waals surface area contributed by atoms with Gasteiger partial charge in [0, 0.05) is 18.8 Å². The van der Waals surface area contributed by atoms with Crippen LogP contribution in [0.15, 0.2) is 18.2 Å². The van der Waals surface area contributed by atoms with Crippen molar-refractivity contribution >= 4 is 11.7 Å². The first-order valence-electron chi connectivity index (χ1n) is 5.96. The molecular weight excluding hydrogens is 216 g/mol. The highest BCUT2D eigenvalue weighted by molar-refractivity contribution is 5.73. The van der Waals surface area contributed by atoms with Crippen molar-refractivity contribution in [3.8, 4) is 0 Å². The highest BCUT2D eigenvalue weighted by Crippen LogP contribution is 2.27. The number of rotatable bonds is 4. The molecule has 4 heteroatoms. The summed E-state index contributed by atoms with van der Waals surface area (Å²) in [7, 11) is 0. The third-order valence-corrected chi connectivity index (χ3v) is 3.27. The van der Waals surface area contributed by atoms with Crippen LogP contribution in [-0.2, 0) is 17.9 Å². The van der Waals surface area contributed by atoms with Crippen LogP contribution in [-0.4, -0.2) is 22.0 Å². The Kier molecular flexibility index (Phi) is 3.33. The first kappa shape index (κ1) is 11.9. The van der Waals surface area contributed by atoms with E-state index in [1.54, 1.807) is 0 Å². The summed E-state index contributed by atoms with van der Waals surface area (Å²) < 4.78 is 0. The molecule has 1 aromatic carbocycles. The van der Waals surface area contributed by atoms with Crippen molar-refractivity contribution in [2.75, 3.05) is 5.73 Å². The van der Waals surface area contributed by atoms with Crippen LogP contribution in [0.2, 0.25) is 0 Å². The number of carboxylic acid groups (broad SMARTS) is 1. The van der Waals surface area contributed by atoms with Crippen LogP contribution in [0.4, 0.5) is 5.69 Å². The molecule has 2 rings (SSSR count). The van der Waals surface area contributed by atoms with Gasteiger partial charge in [0.2, 0.25) is 0 Å². The lowest BCUT2D eigenvalue weighted by Gasteiger charge is -2.23. The fraction of sp³-hybridized carbons (Fsp3) is 0.462. The van der Waals surface area contributed by atoms with E-state index in [1.165, 1.54) is 5.56 Å². The molecule has 1 aromatic rings. The second-order valence-electron chi connectivity index (χ2n) is 4.58. The summed E-state index contributed by atoms with van der Waals surface area (Å²) in [5.74, 6) is -0.729. The lowest BCUT2D eigenvalue weighted by molar-refractivity contribution is -0.143. The number of nitrogens with two attached hydrogens (primary N) is 1. The van der Waals surface area contributed by atoms with Crippen molar-refractivity contribution in [1.29, 1.82) is 0 Å². The van der Waals surface area contributed by atoms with E-state index in [2.05, 4.69) is 0 Å². The van der Waals surface area contributed by atoms with Crippen LogP contribution in [0.1, 0.15) is 30.9 Å². The van der Waals surface area contributed by atoms with Gasteiger partial charge in [-0.1, -0.05) is 19.4 Å². The summed E-state index contributed by atoms with van der Waals surface area (Å²) in [6.45, 7) is 3.42. The zero-order chi connectivity index (χ0) is 12.4. The Labute approximate surface area is 101 Å². The molecule has 0 fully saturated rings. The Balaban J connectivity index is 2.15. The second-order valence-corrected chi connectivity index (χ2v) is 4.58. The molecule has 0 aromatic heterocycles. The summed E-state index contributed by atoms with van der Waals surface area (Å²) in [6, 6.07) is 5.43. The quantitative estimate of drug-likeness (QED) is 0.780. The normalized spacial score (nSPS) is 16.8. The van der Waals surface area contributed by atoms with Gasteiger partial charge in [-0.2, -0.15) is 0 Å². The van der Waals surface area contributed by atoms with Crippen molar-refractivity contribution in [2.45, 2.75) is 38.9 Å². The average molecular weight is 234 g/mol. The van der Waals surface area contributed by atoms with Gasteiger partial charge in [0.1, 0.15) is 6.04 Å². The number of aliphatic carboxylic acids is 1. The topological polar surface area (TPSA) is 66.6 Å². The van der Waals surface area contributed by atoms with Crippen LogP contribution in [0.25, 0.3) is 0 Å². The predicted octanol–water partition coefficient (Wildman–Crippen LogP) is 1.84. The summed E-state index contributed by atoms with van der Waals surface area (Å²) in [5, 5.41) is 9.23. The lowest BCUT2D eigenvalue weighted by atomic mass is 10.1. The molecule has 1 aliphatic heterocycles. The highest BCUT2D eigenvalue weighted by Gasteiger charge is 2.29. The van der Waals surface area contributed by atoms with Crippen LogP contribution < -0.4 is 5.73 Å². The molecule has 1 atom stereocenters. The predicted molar refractivity (Wildman–Crippen MR) is 66.4 cm³/mol. The maximum absolute atomic E-state index is 11.2. The first-order chi connectivity index (χ1) is 8.11. The molecule has 1 unspecified atom stereocenters. The third-order valence-electron chi connectivity index (χ3n) is 3.27. The second kappa shape index (κ2) is 4.75. The molecule has 3 N–H and O–H groups in total. The van der Waals surface area contributed by atoms with E-state index in [9.17, 15) is 9.90 Å². The van der Waals surface area contributed by atoms with E-state index in [0.717, 1.165) is 17.7 Å². The SMILES string of the molecule is CCCC(C(=O)O)N1Cc2ccc(N)cc2C1. The number of benzene rings is 1. The number of hydrogen-bond donors (Lipinski definition) is 2. The van der Waals surface area contributed by atoms with E-state index in [1.807, 2.05) is 30.0 Å². The van der Waals surface area contributed by atoms with Crippen molar-refractivity contribution < 1.29 is 9.90 Å². The van der Waals surface area contributed by atoms with E-state index in [0.29, 0.717) is 19.5 Å². The Morgan fingerprint density at radius 3 is 2.82 bits per heavy atom. The number of nitrogen functional groups attached to an aromatic ring is 1. The molecule has 0 saturated carbocycles. The van der Waals surface area contributed by atoms with Gasteiger partial charge in [0.25, 0.3) is 0 Å². The zero-order valence-corrected chi connectivity index (χ0v) is 10.0. The molecular formula is C13H18N2O2. The van der Waals surface area contributed by atoms with Gasteiger partial charge in [-0.3, -0.25) is 9.69 Å². The summed E-state index contributed by atoms with van der Waals surface area (Å²) in [5.41, 5.74) is 8.83. The Morgan fingerprint density at radius 1 is 1.47 bits per heavy atom. The van der Waals surface area contributed by atoms with Gasteiger partial charge >= 0.3 is 5.97 Å². The maximum atomic E-state index is 11.2. The molecule has 0 spiro atoms. The Hall–Kier alpha value is -1.55. The fourth-order valence-corrected chi connectivity index (χ4v) is 2.40. The van der Waals surface area contributed by atoms with Crippen molar-refractivity contribution in [2.24, 2.45) is 0 Å². The van der Waals surface area contributed by atoms with Crippen LogP contribution in [0, 0.1) is 0 Å². The van der Waals surface area contributed by atoms with Crippen LogP contribution in [0.5, 0.6) is 0 Å². The average Bonchev–Trinajstić information content (AvgIpc) is 2.67. The minimum Gasteiger partial charge on any atom is -0.480 e. The zero-order valence-electron chi connectivity index (χ0n) is 10.0. The van der Waals surface area contributed by atoms with Crippen molar-refractivity contribution in [3.05, 3.63) is 29.3 Å². The Morgan fingerprint density at radius 2 is 2.18 bits per heavy atom. The van der Waals surface area contributed by atoms with E-state index >= 15 is 0 Å². The smallest absolute Gasteiger partial charge is 0.320 e. The van der Waals surface area contributed by atoms with Gasteiger partial charge in [0.05, 0.1) is 0 Å². The number of nitrogens with zero attached hydrogens (tertiary/aromatic N) is 1. The number of anilines is 1. The third kappa shape index (κ3) is 2.42. The molecule has 0 aliphatic carbocycles. The molecule has 4 nitrogen and oxygen atoms in total. The minimum absolute atomic E-state index is 0.381. The Bertz CT molecular complexity index is 431. The van der Waals surface area contributed by atoms with Gasteiger partial charge in [-0.15, -0.1) is 0 Å². The molecule has 0 saturated heterocycles. The van der Waals surface area contributed by atoms with E-state index < -0.39 is 5.97 Å². The van der Waals surface area contributed by atoms with Crippen molar-refractivity contribution in [1.82, 2.24) is 4.90 Å². The molecule has 0 radical (unpaired) electrons. The highest BCUT2D eigenvalue weighted by atomic mass is 16.4. The monoisotopic (exact) mass is 234 g/mol. The van der Waals surface area contributed by atoms with Crippen molar-refractivity contribution in [3.63, 3.8) is 0 Å². The van der Waals surface area contributed by atoms with Gasteiger partial charge in [-0.25, -0.2) is 0 Å². The largest absolute Gasteiger partial charge is 0.480 e. The fourth-order valence-electron chi connectivity index (χ4n) is 2.40. The molecule has 0 bridgehead atoms. The summed E-state index contributed by atoms with van der Waals surface area (Å²) >= 11 is 0. The van der Waals surface area contributed by atoms with Gasteiger partial charge in [-0.05, 0) is 29.7 Å². The number of fused-ring (bicyclic) bond motifs is 1. The molecule has 0 amide bonds. The minimum atomic E-state index is -0.729. The number of hydrogen-bond acceptors (Lipinski definition) is 3. The van der Waals surface area contributed by atoms with E-state index in [-0.39, 0.29) is 6.04 Å². The molecule has 92 valence electrons. The van der Waals surface area contributed by atoms with E-state index in [4.69, 9.17) is 5.73 Å². The number of carbonyl (C=O) groups is 1. The molecule has 1 aliphatic rings. The number of carboxylic acids is 1. The first-order valence-corrected chi connectivity index (χ1v) is 5.96. The van der Waals surface area contributed by atoms with Gasteiger partial charge in [0.15, 0.2) is 0 Å². The lowest BCUT2D eigenvalue weighted by Crippen LogP contribution is -2.37. The van der Waals surface area contributed by atoms with Gasteiger partial charge < -0.3 is 10.8 Å². The standard InChI is InChI=1S/C13H18N2O2/c1-2-3-12(13(16)17)15-7-9-4-5-11(14)6-10(9)8-15/h4-6,12H,2-3,7-8,14H2,1H3,(H,16,17). The summed E-state index contributed by atoms with van der Waals surface area (Å²) in [6.07, 6.45) is 1.57. The summed E-state index contributed by atoms with van der Waals surface area (Å²) in [4.78, 5) is 13.2. The van der Waals surface area contributed by atoms with Crippen LogP contribution >= 0.6 is 0 Å². The maximum Gasteiger partial charge on any atom is 0.320 e. The molecule has 17 heavy (non-hydrogen) atoms. The molecule has 1 heterocycles.